The minimum Gasteiger partial charge on any atom is -0.408 e. The molecule has 1 aliphatic rings. The van der Waals surface area contributed by atoms with Crippen LogP contribution in [0.1, 0.15) is 25.8 Å². The maximum atomic E-state index is 11.2. The lowest BCUT2D eigenvalue weighted by molar-refractivity contribution is -0.0718. The maximum Gasteiger partial charge on any atom is 0.417 e. The minimum atomic E-state index is -0.426. The van der Waals surface area contributed by atoms with E-state index in [4.69, 9.17) is 14.9 Å². The lowest BCUT2D eigenvalue weighted by Crippen LogP contribution is -2.53. The number of rotatable bonds is 3. The fourth-order valence-corrected chi connectivity index (χ4v) is 2.87. The van der Waals surface area contributed by atoms with Crippen LogP contribution in [-0.2, 0) is 10.2 Å². The molecule has 1 aromatic heterocycles. The molecular formula is C14H18N2O3. The van der Waals surface area contributed by atoms with Gasteiger partial charge in [-0.25, -0.2) is 4.79 Å². The molecule has 0 aliphatic carbocycles. The number of benzene rings is 1. The van der Waals surface area contributed by atoms with Crippen molar-refractivity contribution < 1.29 is 9.15 Å². The summed E-state index contributed by atoms with van der Waals surface area (Å²) in [7, 11) is 0. The standard InChI is InChI=1S/C14H18N2O3/c1-13(2,15)6-14(7-18-8-14)9-3-4-10-11(5-9)19-12(17)16-10/h3-5H,6-8,15H2,1-2H3,(H,16,17). The van der Waals surface area contributed by atoms with Crippen molar-refractivity contribution in [2.24, 2.45) is 5.73 Å². The summed E-state index contributed by atoms with van der Waals surface area (Å²) in [5.74, 6) is -0.426. The van der Waals surface area contributed by atoms with Crippen molar-refractivity contribution in [1.29, 1.82) is 0 Å². The molecule has 1 aromatic carbocycles. The monoisotopic (exact) mass is 262 g/mol. The number of oxazole rings is 1. The van der Waals surface area contributed by atoms with Crippen molar-refractivity contribution in [1.82, 2.24) is 4.98 Å². The van der Waals surface area contributed by atoms with Crippen LogP contribution >= 0.6 is 0 Å². The van der Waals surface area contributed by atoms with Gasteiger partial charge in [0.2, 0.25) is 0 Å². The molecular weight excluding hydrogens is 244 g/mol. The first-order valence-electron chi connectivity index (χ1n) is 6.38. The Balaban J connectivity index is 2.03. The SMILES string of the molecule is CC(C)(N)CC1(c2ccc3[nH]c(=O)oc3c2)COC1. The molecule has 1 saturated heterocycles. The number of H-pyrrole nitrogens is 1. The van der Waals surface area contributed by atoms with Gasteiger partial charge in [0, 0.05) is 11.0 Å². The molecule has 102 valence electrons. The fraction of sp³-hybridized carbons (Fsp3) is 0.500. The molecule has 19 heavy (non-hydrogen) atoms. The molecule has 0 spiro atoms. The number of hydrogen-bond donors (Lipinski definition) is 2. The Labute approximate surface area is 110 Å². The second kappa shape index (κ2) is 3.95. The van der Waals surface area contributed by atoms with E-state index in [9.17, 15) is 4.79 Å². The van der Waals surface area contributed by atoms with Gasteiger partial charge in [-0.2, -0.15) is 0 Å². The molecule has 0 saturated carbocycles. The van der Waals surface area contributed by atoms with E-state index in [1.165, 1.54) is 0 Å². The smallest absolute Gasteiger partial charge is 0.408 e. The van der Waals surface area contributed by atoms with Gasteiger partial charge in [-0.3, -0.25) is 4.98 Å². The Kier molecular flexibility index (Phi) is 2.59. The zero-order chi connectivity index (χ0) is 13.7. The second-order valence-electron chi connectivity index (χ2n) is 6.16. The molecule has 1 aliphatic heterocycles. The first kappa shape index (κ1) is 12.4. The lowest BCUT2D eigenvalue weighted by Gasteiger charge is -2.45. The van der Waals surface area contributed by atoms with Gasteiger partial charge in [0.05, 0.1) is 18.7 Å². The third kappa shape index (κ3) is 2.19. The second-order valence-corrected chi connectivity index (χ2v) is 6.16. The predicted octanol–water partition coefficient (Wildman–Crippen LogP) is 1.52. The highest BCUT2D eigenvalue weighted by molar-refractivity contribution is 5.73. The van der Waals surface area contributed by atoms with Crippen LogP contribution in [0.3, 0.4) is 0 Å². The average molecular weight is 262 g/mol. The van der Waals surface area contributed by atoms with Crippen LogP contribution in [0.4, 0.5) is 0 Å². The first-order valence-corrected chi connectivity index (χ1v) is 6.38. The quantitative estimate of drug-likeness (QED) is 0.878. The Morgan fingerprint density at radius 2 is 2.16 bits per heavy atom. The molecule has 2 aromatic rings. The molecule has 2 heterocycles. The third-order valence-electron chi connectivity index (χ3n) is 3.58. The maximum absolute atomic E-state index is 11.2. The van der Waals surface area contributed by atoms with E-state index >= 15 is 0 Å². The van der Waals surface area contributed by atoms with Crippen molar-refractivity contribution in [3.05, 3.63) is 34.3 Å². The number of nitrogens with one attached hydrogen (secondary N) is 1. The summed E-state index contributed by atoms with van der Waals surface area (Å²) in [6.07, 6.45) is 0.833. The zero-order valence-corrected chi connectivity index (χ0v) is 11.2. The van der Waals surface area contributed by atoms with E-state index in [2.05, 4.69) is 4.98 Å². The van der Waals surface area contributed by atoms with Gasteiger partial charge in [-0.15, -0.1) is 0 Å². The highest BCUT2D eigenvalue weighted by Gasteiger charge is 2.43. The molecule has 5 nitrogen and oxygen atoms in total. The van der Waals surface area contributed by atoms with Crippen LogP contribution in [0.15, 0.2) is 27.4 Å². The van der Waals surface area contributed by atoms with Crippen molar-refractivity contribution in [3.8, 4) is 0 Å². The summed E-state index contributed by atoms with van der Waals surface area (Å²) in [4.78, 5) is 13.8. The number of hydrogen-bond acceptors (Lipinski definition) is 4. The number of fused-ring (bicyclic) bond motifs is 1. The van der Waals surface area contributed by atoms with Crippen molar-refractivity contribution in [3.63, 3.8) is 0 Å². The van der Waals surface area contributed by atoms with Crippen molar-refractivity contribution in [2.45, 2.75) is 31.2 Å². The van der Waals surface area contributed by atoms with Gasteiger partial charge in [0.25, 0.3) is 0 Å². The van der Waals surface area contributed by atoms with Gasteiger partial charge in [0.15, 0.2) is 5.58 Å². The largest absolute Gasteiger partial charge is 0.417 e. The topological polar surface area (TPSA) is 81.3 Å². The number of nitrogens with two attached hydrogens (primary N) is 1. The Bertz CT molecular complexity index is 659. The van der Waals surface area contributed by atoms with E-state index in [0.29, 0.717) is 18.8 Å². The Hall–Kier alpha value is -1.59. The molecule has 3 rings (SSSR count). The van der Waals surface area contributed by atoms with Gasteiger partial charge in [-0.05, 0) is 38.0 Å². The number of aromatic amines is 1. The summed E-state index contributed by atoms with van der Waals surface area (Å²) < 4.78 is 10.5. The highest BCUT2D eigenvalue weighted by atomic mass is 16.5. The molecule has 5 heteroatoms. The van der Waals surface area contributed by atoms with Gasteiger partial charge in [-0.1, -0.05) is 6.07 Å². The van der Waals surface area contributed by atoms with E-state index in [-0.39, 0.29) is 11.0 Å². The van der Waals surface area contributed by atoms with Crippen LogP contribution in [0, 0.1) is 0 Å². The van der Waals surface area contributed by atoms with Crippen LogP contribution in [0.5, 0.6) is 0 Å². The van der Waals surface area contributed by atoms with Crippen LogP contribution < -0.4 is 11.5 Å². The van der Waals surface area contributed by atoms with Gasteiger partial charge in [0.1, 0.15) is 0 Å². The summed E-state index contributed by atoms with van der Waals surface area (Å²) >= 11 is 0. The minimum absolute atomic E-state index is 0.0672. The first-order chi connectivity index (χ1) is 8.88. The van der Waals surface area contributed by atoms with Gasteiger partial charge >= 0.3 is 5.76 Å². The van der Waals surface area contributed by atoms with Crippen LogP contribution in [-0.4, -0.2) is 23.7 Å². The predicted molar refractivity (Wildman–Crippen MR) is 72.2 cm³/mol. The van der Waals surface area contributed by atoms with Crippen LogP contribution in [0.2, 0.25) is 0 Å². The van der Waals surface area contributed by atoms with Crippen molar-refractivity contribution in [2.75, 3.05) is 13.2 Å². The zero-order valence-electron chi connectivity index (χ0n) is 11.2. The van der Waals surface area contributed by atoms with Crippen molar-refractivity contribution >= 4 is 11.1 Å². The summed E-state index contributed by atoms with van der Waals surface area (Å²) in [5.41, 5.74) is 8.24. The van der Waals surface area contributed by atoms with E-state index < -0.39 is 5.76 Å². The fourth-order valence-electron chi connectivity index (χ4n) is 2.87. The molecule has 0 unspecified atom stereocenters. The van der Waals surface area contributed by atoms with Crippen LogP contribution in [0.25, 0.3) is 11.1 Å². The molecule has 0 radical (unpaired) electrons. The average Bonchev–Trinajstić information content (AvgIpc) is 2.61. The Morgan fingerprint density at radius 1 is 1.42 bits per heavy atom. The normalized spacial score (nSPS) is 18.5. The molecule has 1 fully saturated rings. The summed E-state index contributed by atoms with van der Waals surface area (Å²) in [6, 6.07) is 5.81. The molecule has 0 bridgehead atoms. The number of ether oxygens (including phenoxy) is 1. The number of aromatic nitrogens is 1. The van der Waals surface area contributed by atoms with Gasteiger partial charge < -0.3 is 14.9 Å². The summed E-state index contributed by atoms with van der Waals surface area (Å²) in [6.45, 7) is 5.35. The highest BCUT2D eigenvalue weighted by Crippen LogP contribution is 2.39. The molecule has 0 atom stereocenters. The molecule has 3 N–H and O–H groups in total. The molecule has 0 amide bonds. The van der Waals surface area contributed by atoms with E-state index in [1.807, 2.05) is 32.0 Å². The summed E-state index contributed by atoms with van der Waals surface area (Å²) in [5, 5.41) is 0. The van der Waals surface area contributed by atoms with E-state index in [0.717, 1.165) is 17.5 Å². The third-order valence-corrected chi connectivity index (χ3v) is 3.58. The lowest BCUT2D eigenvalue weighted by atomic mass is 9.71. The Morgan fingerprint density at radius 3 is 2.74 bits per heavy atom. The van der Waals surface area contributed by atoms with E-state index in [1.54, 1.807) is 0 Å².